The molecule has 0 spiro atoms. The Labute approximate surface area is 71.5 Å². The van der Waals surface area contributed by atoms with Crippen molar-refractivity contribution in [3.05, 3.63) is 32.7 Å². The molecule has 1 radical (unpaired) electrons. The third-order valence-electron chi connectivity index (χ3n) is 1.08. The SMILES string of the molecule is Cc1cc[c]c(Br)c1Br. The van der Waals surface area contributed by atoms with Crippen molar-refractivity contribution in [1.82, 2.24) is 0 Å². The van der Waals surface area contributed by atoms with Gasteiger partial charge in [-0.2, -0.15) is 0 Å². The molecule has 47 valence electrons. The summed E-state index contributed by atoms with van der Waals surface area (Å²) in [5.74, 6) is 0. The van der Waals surface area contributed by atoms with E-state index in [-0.39, 0.29) is 0 Å². The molecule has 0 bridgehead atoms. The second-order valence-corrected chi connectivity index (χ2v) is 3.37. The third kappa shape index (κ3) is 1.55. The van der Waals surface area contributed by atoms with Crippen LogP contribution in [-0.4, -0.2) is 0 Å². The second-order valence-electron chi connectivity index (χ2n) is 1.79. The quantitative estimate of drug-likeness (QED) is 0.661. The number of hydrogen-bond donors (Lipinski definition) is 0. The first-order chi connectivity index (χ1) is 4.22. The van der Waals surface area contributed by atoms with Crippen LogP contribution in [0.25, 0.3) is 0 Å². The van der Waals surface area contributed by atoms with E-state index in [0.717, 1.165) is 8.95 Å². The van der Waals surface area contributed by atoms with Crippen LogP contribution in [0.2, 0.25) is 0 Å². The van der Waals surface area contributed by atoms with E-state index < -0.39 is 0 Å². The molecule has 0 fully saturated rings. The van der Waals surface area contributed by atoms with E-state index in [1.165, 1.54) is 5.56 Å². The Bertz CT molecular complexity index is 198. The highest BCUT2D eigenvalue weighted by molar-refractivity contribution is 9.13. The van der Waals surface area contributed by atoms with Crippen molar-refractivity contribution in [2.75, 3.05) is 0 Å². The number of aryl methyl sites for hydroxylation is 1. The highest BCUT2D eigenvalue weighted by atomic mass is 79.9. The van der Waals surface area contributed by atoms with Crippen molar-refractivity contribution in [1.29, 1.82) is 0 Å². The van der Waals surface area contributed by atoms with Gasteiger partial charge in [-0.15, -0.1) is 0 Å². The maximum absolute atomic E-state index is 3.40. The normalized spacial score (nSPS) is 9.67. The largest absolute Gasteiger partial charge is 0.0575 e. The summed E-state index contributed by atoms with van der Waals surface area (Å²) in [7, 11) is 0. The number of benzene rings is 1. The van der Waals surface area contributed by atoms with Crippen LogP contribution in [0.3, 0.4) is 0 Å². The Balaban J connectivity index is 3.25. The summed E-state index contributed by atoms with van der Waals surface area (Å²) in [4.78, 5) is 0. The molecule has 0 aliphatic heterocycles. The minimum atomic E-state index is 0.988. The molecule has 1 aromatic rings. The summed E-state index contributed by atoms with van der Waals surface area (Å²) in [5, 5.41) is 0. The summed E-state index contributed by atoms with van der Waals surface area (Å²) in [6.45, 7) is 2.04. The van der Waals surface area contributed by atoms with Crippen molar-refractivity contribution in [3.8, 4) is 0 Å². The molecule has 1 aromatic carbocycles. The first-order valence-electron chi connectivity index (χ1n) is 2.54. The second kappa shape index (κ2) is 2.84. The molecule has 0 atom stereocenters. The monoisotopic (exact) mass is 247 g/mol. The lowest BCUT2D eigenvalue weighted by atomic mass is 10.2. The van der Waals surface area contributed by atoms with Crippen LogP contribution in [0.4, 0.5) is 0 Å². The van der Waals surface area contributed by atoms with Crippen LogP contribution in [0.5, 0.6) is 0 Å². The molecule has 1 rings (SSSR count). The first kappa shape index (κ1) is 7.29. The number of rotatable bonds is 0. The molecule has 0 amide bonds. The Kier molecular flexibility index (Phi) is 2.30. The average molecular weight is 249 g/mol. The van der Waals surface area contributed by atoms with Gasteiger partial charge in [-0.1, -0.05) is 12.1 Å². The van der Waals surface area contributed by atoms with Gasteiger partial charge in [-0.3, -0.25) is 0 Å². The topological polar surface area (TPSA) is 0 Å². The van der Waals surface area contributed by atoms with Crippen LogP contribution in [0, 0.1) is 13.0 Å². The van der Waals surface area contributed by atoms with E-state index in [1.54, 1.807) is 0 Å². The smallest absolute Gasteiger partial charge is 0.0398 e. The summed E-state index contributed by atoms with van der Waals surface area (Å²) < 4.78 is 2.08. The molecule has 0 aliphatic rings. The van der Waals surface area contributed by atoms with Gasteiger partial charge in [0.25, 0.3) is 0 Å². The zero-order valence-corrected chi connectivity index (χ0v) is 8.08. The van der Waals surface area contributed by atoms with Gasteiger partial charge < -0.3 is 0 Å². The Morgan fingerprint density at radius 3 is 2.56 bits per heavy atom. The highest BCUT2D eigenvalue weighted by Gasteiger charge is 1.96. The Morgan fingerprint density at radius 1 is 1.44 bits per heavy atom. The van der Waals surface area contributed by atoms with Gasteiger partial charge in [0.05, 0.1) is 0 Å². The molecule has 0 unspecified atom stereocenters. The summed E-state index contributed by atoms with van der Waals surface area (Å²) in [6, 6.07) is 6.91. The zero-order valence-electron chi connectivity index (χ0n) is 4.91. The van der Waals surface area contributed by atoms with E-state index in [0.29, 0.717) is 0 Å². The van der Waals surface area contributed by atoms with Gasteiger partial charge in [0.2, 0.25) is 0 Å². The summed E-state index contributed by atoms with van der Waals surface area (Å²) in [6.07, 6.45) is 0. The van der Waals surface area contributed by atoms with Crippen LogP contribution in [0.15, 0.2) is 21.1 Å². The van der Waals surface area contributed by atoms with Gasteiger partial charge in [0, 0.05) is 8.95 Å². The van der Waals surface area contributed by atoms with Crippen molar-refractivity contribution in [3.63, 3.8) is 0 Å². The molecular weight excluding hydrogens is 244 g/mol. The predicted octanol–water partition coefficient (Wildman–Crippen LogP) is 3.32. The van der Waals surface area contributed by atoms with Crippen LogP contribution >= 0.6 is 31.9 Å². The predicted molar refractivity (Wildman–Crippen MR) is 45.4 cm³/mol. The molecule has 0 aromatic heterocycles. The average Bonchev–Trinajstić information content (AvgIpc) is 1.83. The van der Waals surface area contributed by atoms with Crippen molar-refractivity contribution in [2.24, 2.45) is 0 Å². The fourth-order valence-corrected chi connectivity index (χ4v) is 1.24. The molecule has 2 heteroatoms. The molecule has 0 N–H and O–H groups in total. The van der Waals surface area contributed by atoms with Gasteiger partial charge >= 0.3 is 0 Å². The fourth-order valence-electron chi connectivity index (χ4n) is 0.549. The van der Waals surface area contributed by atoms with E-state index in [9.17, 15) is 0 Å². The molecule has 0 aliphatic carbocycles. The zero-order chi connectivity index (χ0) is 6.85. The minimum Gasteiger partial charge on any atom is -0.0575 e. The van der Waals surface area contributed by atoms with Gasteiger partial charge in [-0.25, -0.2) is 0 Å². The van der Waals surface area contributed by atoms with Gasteiger partial charge in [0.1, 0.15) is 0 Å². The first-order valence-corrected chi connectivity index (χ1v) is 4.12. The summed E-state index contributed by atoms with van der Waals surface area (Å²) >= 11 is 6.74. The van der Waals surface area contributed by atoms with Crippen molar-refractivity contribution >= 4 is 31.9 Å². The number of halogens is 2. The molecular formula is C7H5Br2. The number of hydrogen-bond acceptors (Lipinski definition) is 0. The molecule has 0 saturated carbocycles. The maximum atomic E-state index is 3.40. The fraction of sp³-hybridized carbons (Fsp3) is 0.143. The van der Waals surface area contributed by atoms with Crippen LogP contribution in [0.1, 0.15) is 5.56 Å². The maximum Gasteiger partial charge on any atom is 0.0398 e. The van der Waals surface area contributed by atoms with E-state index >= 15 is 0 Å². The highest BCUT2D eigenvalue weighted by Crippen LogP contribution is 2.24. The van der Waals surface area contributed by atoms with Crippen molar-refractivity contribution in [2.45, 2.75) is 6.92 Å². The molecule has 9 heavy (non-hydrogen) atoms. The molecule has 0 nitrogen and oxygen atoms in total. The van der Waals surface area contributed by atoms with Crippen LogP contribution in [-0.2, 0) is 0 Å². The lowest BCUT2D eigenvalue weighted by Crippen LogP contribution is -1.74. The Morgan fingerprint density at radius 2 is 2.11 bits per heavy atom. The standard InChI is InChI=1S/C7H5Br2/c1-5-3-2-4-6(8)7(5)9/h2-3H,1H3. The Hall–Kier alpha value is 0.180. The van der Waals surface area contributed by atoms with Gasteiger partial charge in [-0.05, 0) is 50.4 Å². The van der Waals surface area contributed by atoms with E-state index in [2.05, 4.69) is 37.9 Å². The van der Waals surface area contributed by atoms with Crippen molar-refractivity contribution < 1.29 is 0 Å². The van der Waals surface area contributed by atoms with E-state index in [4.69, 9.17) is 0 Å². The lowest BCUT2D eigenvalue weighted by molar-refractivity contribution is 1.40. The van der Waals surface area contributed by atoms with E-state index in [1.807, 2.05) is 19.1 Å². The molecule has 0 heterocycles. The minimum absolute atomic E-state index is 0.988. The lowest BCUT2D eigenvalue weighted by Gasteiger charge is -1.96. The third-order valence-corrected chi connectivity index (χ3v) is 3.26. The van der Waals surface area contributed by atoms with Crippen LogP contribution < -0.4 is 0 Å². The summed E-state index contributed by atoms with van der Waals surface area (Å²) in [5.41, 5.74) is 1.22. The van der Waals surface area contributed by atoms with Gasteiger partial charge in [0.15, 0.2) is 0 Å². The molecule has 0 saturated heterocycles.